The zero-order valence-electron chi connectivity index (χ0n) is 17.4. The summed E-state index contributed by atoms with van der Waals surface area (Å²) in [6.07, 6.45) is 1.49. The second kappa shape index (κ2) is 9.60. The molecule has 0 unspecified atom stereocenters. The fourth-order valence-electron chi connectivity index (χ4n) is 2.95. The molecule has 33 heavy (non-hydrogen) atoms. The summed E-state index contributed by atoms with van der Waals surface area (Å²) in [6, 6.07) is 19.2. The lowest BCUT2D eigenvalue weighted by Crippen LogP contribution is -2.19. The topological polar surface area (TPSA) is 114 Å². The summed E-state index contributed by atoms with van der Waals surface area (Å²) in [4.78, 5) is 24.6. The van der Waals surface area contributed by atoms with Crippen molar-refractivity contribution in [1.82, 2.24) is 25.6 Å². The van der Waals surface area contributed by atoms with Gasteiger partial charge in [0.25, 0.3) is 11.8 Å². The van der Waals surface area contributed by atoms with E-state index in [9.17, 15) is 14.0 Å². The number of rotatable bonds is 6. The second-order valence-corrected chi connectivity index (χ2v) is 6.95. The van der Waals surface area contributed by atoms with Crippen molar-refractivity contribution in [3.63, 3.8) is 0 Å². The molecule has 3 aromatic carbocycles. The number of anilines is 1. The van der Waals surface area contributed by atoms with Gasteiger partial charge in [0.05, 0.1) is 17.0 Å². The van der Waals surface area contributed by atoms with Gasteiger partial charge in [-0.3, -0.25) is 9.59 Å². The normalized spacial score (nSPS) is 11.2. The van der Waals surface area contributed by atoms with Gasteiger partial charge in [0.2, 0.25) is 0 Å². The summed E-state index contributed by atoms with van der Waals surface area (Å²) in [5, 5.41) is 17.8. The Kier molecular flexibility index (Phi) is 6.26. The number of amides is 2. The van der Waals surface area contributed by atoms with E-state index in [2.05, 4.69) is 31.4 Å². The molecule has 0 aliphatic rings. The number of nitrogens with zero attached hydrogens (tertiary/aromatic N) is 5. The Morgan fingerprint density at radius 3 is 2.27 bits per heavy atom. The van der Waals surface area contributed by atoms with E-state index in [4.69, 9.17) is 0 Å². The molecule has 1 aromatic heterocycles. The van der Waals surface area contributed by atoms with Crippen LogP contribution in [-0.2, 0) is 0 Å². The molecule has 2 N–H and O–H groups in total. The number of tetrazole rings is 1. The molecule has 0 aliphatic heterocycles. The molecule has 0 fully saturated rings. The molecule has 0 radical (unpaired) electrons. The summed E-state index contributed by atoms with van der Waals surface area (Å²) < 4.78 is 15.3. The summed E-state index contributed by atoms with van der Waals surface area (Å²) in [5.41, 5.74) is 5.45. The number of carbonyl (C=O) groups is 2. The lowest BCUT2D eigenvalue weighted by molar-refractivity contribution is 0.0954. The van der Waals surface area contributed by atoms with E-state index in [1.165, 1.54) is 41.3 Å². The maximum absolute atomic E-state index is 13.7. The highest BCUT2D eigenvalue weighted by Crippen LogP contribution is 2.14. The largest absolute Gasteiger partial charge is 0.322 e. The minimum Gasteiger partial charge on any atom is -0.322 e. The van der Waals surface area contributed by atoms with Crippen LogP contribution >= 0.6 is 0 Å². The van der Waals surface area contributed by atoms with Gasteiger partial charge >= 0.3 is 0 Å². The molecule has 0 saturated heterocycles. The van der Waals surface area contributed by atoms with Crippen molar-refractivity contribution in [2.75, 3.05) is 5.32 Å². The molecule has 0 atom stereocenters. The van der Waals surface area contributed by atoms with Gasteiger partial charge in [-0.05, 0) is 71.4 Å². The van der Waals surface area contributed by atoms with Crippen molar-refractivity contribution in [3.05, 3.63) is 102 Å². The van der Waals surface area contributed by atoms with Gasteiger partial charge in [-0.25, -0.2) is 14.5 Å². The van der Waals surface area contributed by atoms with Crippen LogP contribution < -0.4 is 10.7 Å². The minimum absolute atomic E-state index is 0.0601. The minimum atomic E-state index is -0.607. The average molecular weight is 443 g/mol. The molecule has 0 bridgehead atoms. The molecule has 4 rings (SSSR count). The molecule has 2 amide bonds. The van der Waals surface area contributed by atoms with Crippen LogP contribution in [0.2, 0.25) is 0 Å². The molecule has 9 nitrogen and oxygen atoms in total. The van der Waals surface area contributed by atoms with E-state index in [-0.39, 0.29) is 5.56 Å². The van der Waals surface area contributed by atoms with Gasteiger partial charge in [0.1, 0.15) is 12.1 Å². The van der Waals surface area contributed by atoms with Crippen LogP contribution in [0.5, 0.6) is 0 Å². The van der Waals surface area contributed by atoms with Crippen LogP contribution in [0.1, 0.15) is 33.2 Å². The zero-order valence-corrected chi connectivity index (χ0v) is 17.4. The number of hydrazone groups is 1. The number of carbonyl (C=O) groups excluding carboxylic acids is 2. The van der Waals surface area contributed by atoms with E-state index < -0.39 is 17.6 Å². The van der Waals surface area contributed by atoms with Gasteiger partial charge in [0, 0.05) is 11.3 Å². The fraction of sp³-hybridized carbons (Fsp3) is 0.0435. The van der Waals surface area contributed by atoms with Crippen LogP contribution in [0.3, 0.4) is 0 Å². The predicted octanol–water partition coefficient (Wildman–Crippen LogP) is 3.21. The molecule has 164 valence electrons. The highest BCUT2D eigenvalue weighted by atomic mass is 19.1. The lowest BCUT2D eigenvalue weighted by Gasteiger charge is -2.07. The summed E-state index contributed by atoms with van der Waals surface area (Å²) in [5.74, 6) is -1.59. The van der Waals surface area contributed by atoms with Crippen LogP contribution in [0.25, 0.3) is 5.69 Å². The Balaban J connectivity index is 1.37. The molecular formula is C23H18FN7O2. The van der Waals surface area contributed by atoms with E-state index in [1.54, 1.807) is 25.1 Å². The zero-order chi connectivity index (χ0) is 23.2. The number of hydrogen-bond acceptors (Lipinski definition) is 6. The molecule has 0 aliphatic carbocycles. The van der Waals surface area contributed by atoms with Crippen molar-refractivity contribution in [2.24, 2.45) is 5.10 Å². The molecule has 1 heterocycles. The first kappa shape index (κ1) is 21.5. The van der Waals surface area contributed by atoms with Crippen LogP contribution in [-0.4, -0.2) is 37.7 Å². The number of halogens is 1. The van der Waals surface area contributed by atoms with Crippen LogP contribution in [0.4, 0.5) is 10.1 Å². The molecule has 0 saturated carbocycles. The fourth-order valence-corrected chi connectivity index (χ4v) is 2.95. The Bertz CT molecular complexity index is 1300. The van der Waals surface area contributed by atoms with Crippen molar-refractivity contribution in [1.29, 1.82) is 0 Å². The van der Waals surface area contributed by atoms with Crippen LogP contribution in [0.15, 0.2) is 84.2 Å². The van der Waals surface area contributed by atoms with Gasteiger partial charge in [-0.15, -0.1) is 5.10 Å². The van der Waals surface area contributed by atoms with Crippen LogP contribution in [0, 0.1) is 5.82 Å². The quantitative estimate of drug-likeness (QED) is 0.351. The molecule has 10 heteroatoms. The van der Waals surface area contributed by atoms with Gasteiger partial charge in [-0.2, -0.15) is 5.10 Å². The maximum Gasteiger partial charge on any atom is 0.271 e. The highest BCUT2D eigenvalue weighted by Gasteiger charge is 2.12. The second-order valence-electron chi connectivity index (χ2n) is 6.95. The van der Waals surface area contributed by atoms with Crippen molar-refractivity contribution >= 4 is 23.2 Å². The predicted molar refractivity (Wildman–Crippen MR) is 120 cm³/mol. The monoisotopic (exact) mass is 443 g/mol. The summed E-state index contributed by atoms with van der Waals surface area (Å²) in [7, 11) is 0. The number of benzene rings is 3. The third-order valence-electron chi connectivity index (χ3n) is 4.75. The van der Waals surface area contributed by atoms with E-state index >= 15 is 0 Å². The first-order chi connectivity index (χ1) is 16.0. The number of hydrogen-bond donors (Lipinski definition) is 2. The van der Waals surface area contributed by atoms with Crippen molar-refractivity contribution in [2.45, 2.75) is 6.92 Å². The molecule has 4 aromatic rings. The highest BCUT2D eigenvalue weighted by molar-refractivity contribution is 6.05. The Hall–Kier alpha value is -4.73. The van der Waals surface area contributed by atoms with Crippen molar-refractivity contribution < 1.29 is 14.0 Å². The lowest BCUT2D eigenvalue weighted by atomic mass is 10.1. The number of aromatic nitrogens is 4. The van der Waals surface area contributed by atoms with Crippen molar-refractivity contribution in [3.8, 4) is 5.69 Å². The first-order valence-electron chi connectivity index (χ1n) is 9.85. The standard InChI is InChI=1S/C23H18FN7O2/c1-15(16-8-12-19(13-9-16)31-14-25-29-30-31)27-28-22(32)17-6-10-18(11-7-17)26-23(33)20-4-2-3-5-21(20)24/h2-14H,1H3,(H,26,33)(H,28,32). The smallest absolute Gasteiger partial charge is 0.271 e. The summed E-state index contributed by atoms with van der Waals surface area (Å²) in [6.45, 7) is 1.77. The Labute approximate surface area is 187 Å². The SMILES string of the molecule is CC(=NNC(=O)c1ccc(NC(=O)c2ccccc2F)cc1)c1ccc(-n2cnnn2)cc1. The van der Waals surface area contributed by atoms with Gasteiger partial charge in [-0.1, -0.05) is 24.3 Å². The molecular weight excluding hydrogens is 425 g/mol. The average Bonchev–Trinajstić information content (AvgIpc) is 3.38. The van der Waals surface area contributed by atoms with Gasteiger partial charge in [0.15, 0.2) is 0 Å². The van der Waals surface area contributed by atoms with Gasteiger partial charge < -0.3 is 5.32 Å². The maximum atomic E-state index is 13.7. The summed E-state index contributed by atoms with van der Waals surface area (Å²) >= 11 is 0. The Morgan fingerprint density at radius 2 is 1.61 bits per heavy atom. The molecule has 0 spiro atoms. The van der Waals surface area contributed by atoms with E-state index in [0.29, 0.717) is 17.0 Å². The first-order valence-corrected chi connectivity index (χ1v) is 9.85. The van der Waals surface area contributed by atoms with E-state index in [0.717, 1.165) is 11.3 Å². The third kappa shape index (κ3) is 5.13. The van der Waals surface area contributed by atoms with E-state index in [1.807, 2.05) is 24.3 Å². The Morgan fingerprint density at radius 1 is 0.909 bits per heavy atom. The number of nitrogens with one attached hydrogen (secondary N) is 2. The third-order valence-corrected chi connectivity index (χ3v) is 4.75.